The molecule has 1 atom stereocenters. The predicted octanol–water partition coefficient (Wildman–Crippen LogP) is 2.78. The van der Waals surface area contributed by atoms with Crippen LogP contribution in [0.2, 0.25) is 0 Å². The minimum absolute atomic E-state index is 0.151. The number of ether oxygens (including phenoxy) is 1. The Labute approximate surface area is 120 Å². The molecule has 0 amide bonds. The molecule has 2 N–H and O–H groups in total. The van der Waals surface area contributed by atoms with Gasteiger partial charge < -0.3 is 15.4 Å². The highest BCUT2D eigenvalue weighted by molar-refractivity contribution is 7.80. The molecule has 1 aromatic rings. The average Bonchev–Trinajstić information content (AvgIpc) is 3.23. The van der Waals surface area contributed by atoms with Crippen molar-refractivity contribution in [1.82, 2.24) is 10.6 Å². The molecule has 104 valence electrons. The van der Waals surface area contributed by atoms with E-state index in [-0.39, 0.29) is 6.10 Å². The maximum absolute atomic E-state index is 5.80. The molecule has 1 saturated carbocycles. The Morgan fingerprint density at radius 3 is 2.79 bits per heavy atom. The van der Waals surface area contributed by atoms with Crippen molar-refractivity contribution in [3.05, 3.63) is 35.9 Å². The highest BCUT2D eigenvalue weighted by Gasteiger charge is 2.21. The lowest BCUT2D eigenvalue weighted by atomic mass is 10.1. The Morgan fingerprint density at radius 2 is 2.11 bits per heavy atom. The van der Waals surface area contributed by atoms with E-state index in [4.69, 9.17) is 17.0 Å². The van der Waals surface area contributed by atoms with E-state index in [0.29, 0.717) is 6.04 Å². The number of hydrogen-bond acceptors (Lipinski definition) is 2. The molecule has 0 aliphatic heterocycles. The van der Waals surface area contributed by atoms with Crippen LogP contribution in [0.3, 0.4) is 0 Å². The summed E-state index contributed by atoms with van der Waals surface area (Å²) in [4.78, 5) is 0. The second-order valence-corrected chi connectivity index (χ2v) is 5.36. The third-order valence-corrected chi connectivity index (χ3v) is 3.42. The number of rotatable bonds is 7. The Hall–Kier alpha value is -1.13. The third kappa shape index (κ3) is 5.57. The Morgan fingerprint density at radius 1 is 1.37 bits per heavy atom. The van der Waals surface area contributed by atoms with Gasteiger partial charge in [-0.1, -0.05) is 30.3 Å². The van der Waals surface area contributed by atoms with Crippen LogP contribution in [0.1, 0.15) is 37.9 Å². The highest BCUT2D eigenvalue weighted by Crippen LogP contribution is 2.18. The fourth-order valence-electron chi connectivity index (χ4n) is 1.82. The van der Waals surface area contributed by atoms with E-state index in [2.05, 4.69) is 29.7 Å². The molecule has 4 heteroatoms. The van der Waals surface area contributed by atoms with Crippen LogP contribution in [0.25, 0.3) is 0 Å². The van der Waals surface area contributed by atoms with Gasteiger partial charge in [0.15, 0.2) is 5.11 Å². The van der Waals surface area contributed by atoms with Crippen LogP contribution in [0.5, 0.6) is 0 Å². The first-order valence-electron chi connectivity index (χ1n) is 6.96. The molecule has 0 unspecified atom stereocenters. The molecule has 0 radical (unpaired) electrons. The van der Waals surface area contributed by atoms with Gasteiger partial charge >= 0.3 is 0 Å². The average molecular weight is 278 g/mol. The number of nitrogens with one attached hydrogen (secondary N) is 2. The molecule has 0 aromatic heterocycles. The van der Waals surface area contributed by atoms with Crippen LogP contribution >= 0.6 is 12.2 Å². The van der Waals surface area contributed by atoms with Crippen molar-refractivity contribution in [3.63, 3.8) is 0 Å². The second kappa shape index (κ2) is 7.46. The smallest absolute Gasteiger partial charge is 0.166 e. The van der Waals surface area contributed by atoms with Crippen molar-refractivity contribution in [2.24, 2.45) is 0 Å². The fourth-order valence-corrected chi connectivity index (χ4v) is 2.09. The summed E-state index contributed by atoms with van der Waals surface area (Å²) >= 11 is 5.18. The summed E-state index contributed by atoms with van der Waals surface area (Å²) in [6, 6.07) is 10.9. The molecule has 3 nitrogen and oxygen atoms in total. The molecule has 0 heterocycles. The van der Waals surface area contributed by atoms with E-state index >= 15 is 0 Å². The summed E-state index contributed by atoms with van der Waals surface area (Å²) < 4.78 is 5.80. The summed E-state index contributed by atoms with van der Waals surface area (Å²) in [5.41, 5.74) is 1.22. The summed E-state index contributed by atoms with van der Waals surface area (Å²) in [6.45, 7) is 3.69. The highest BCUT2D eigenvalue weighted by atomic mass is 32.1. The van der Waals surface area contributed by atoms with Crippen LogP contribution < -0.4 is 10.6 Å². The van der Waals surface area contributed by atoms with Gasteiger partial charge in [0, 0.05) is 19.2 Å². The lowest BCUT2D eigenvalue weighted by molar-refractivity contribution is 0.0646. The van der Waals surface area contributed by atoms with Crippen molar-refractivity contribution >= 4 is 17.3 Å². The van der Waals surface area contributed by atoms with E-state index in [1.165, 1.54) is 18.4 Å². The molecule has 19 heavy (non-hydrogen) atoms. The van der Waals surface area contributed by atoms with E-state index in [1.54, 1.807) is 0 Å². The van der Waals surface area contributed by atoms with Crippen molar-refractivity contribution in [1.29, 1.82) is 0 Å². The van der Waals surface area contributed by atoms with Crippen molar-refractivity contribution in [2.75, 3.05) is 13.2 Å². The number of benzene rings is 1. The molecule has 1 fully saturated rings. The zero-order valence-corrected chi connectivity index (χ0v) is 12.2. The molecule has 0 spiro atoms. The van der Waals surface area contributed by atoms with Gasteiger partial charge in [-0.3, -0.25) is 0 Å². The van der Waals surface area contributed by atoms with Gasteiger partial charge in [-0.15, -0.1) is 0 Å². The van der Waals surface area contributed by atoms with Crippen LogP contribution in [-0.2, 0) is 4.74 Å². The molecule has 2 rings (SSSR count). The third-order valence-electron chi connectivity index (χ3n) is 3.16. The van der Waals surface area contributed by atoms with Gasteiger partial charge in [-0.05, 0) is 44.0 Å². The summed E-state index contributed by atoms with van der Waals surface area (Å²) in [5, 5.41) is 7.24. The van der Waals surface area contributed by atoms with E-state index < -0.39 is 0 Å². The van der Waals surface area contributed by atoms with Crippen molar-refractivity contribution in [3.8, 4) is 0 Å². The SMILES string of the molecule is C[C@H](OCCCNC(=S)NC1CC1)c1ccccc1. The van der Waals surface area contributed by atoms with Gasteiger partial charge in [0.25, 0.3) is 0 Å². The normalized spacial score (nSPS) is 15.8. The van der Waals surface area contributed by atoms with Gasteiger partial charge in [0.05, 0.1) is 6.10 Å². The monoisotopic (exact) mass is 278 g/mol. The van der Waals surface area contributed by atoms with E-state index in [1.807, 2.05) is 18.2 Å². The quantitative estimate of drug-likeness (QED) is 0.593. The first kappa shape index (κ1) is 14.3. The number of hydrogen-bond donors (Lipinski definition) is 2. The summed E-state index contributed by atoms with van der Waals surface area (Å²) in [5.74, 6) is 0. The second-order valence-electron chi connectivity index (χ2n) is 4.95. The summed E-state index contributed by atoms with van der Waals surface area (Å²) in [7, 11) is 0. The molecule has 1 aliphatic carbocycles. The van der Waals surface area contributed by atoms with Gasteiger partial charge in [-0.25, -0.2) is 0 Å². The van der Waals surface area contributed by atoms with Crippen LogP contribution in [-0.4, -0.2) is 24.3 Å². The molecular formula is C15H22N2OS. The van der Waals surface area contributed by atoms with Crippen molar-refractivity contribution in [2.45, 2.75) is 38.3 Å². The maximum atomic E-state index is 5.80. The molecular weight excluding hydrogens is 256 g/mol. The first-order chi connectivity index (χ1) is 9.25. The zero-order valence-electron chi connectivity index (χ0n) is 11.4. The first-order valence-corrected chi connectivity index (χ1v) is 7.37. The predicted molar refractivity (Wildman–Crippen MR) is 82.2 cm³/mol. The Balaban J connectivity index is 1.52. The lowest BCUT2D eigenvalue weighted by Gasteiger charge is -2.14. The molecule has 1 aromatic carbocycles. The zero-order chi connectivity index (χ0) is 13.5. The standard InChI is InChI=1S/C15H22N2OS/c1-12(13-6-3-2-4-7-13)18-11-5-10-16-15(19)17-14-8-9-14/h2-4,6-7,12,14H,5,8-11H2,1H3,(H2,16,17,19)/t12-/m0/s1. The Bertz CT molecular complexity index is 392. The van der Waals surface area contributed by atoms with Crippen molar-refractivity contribution < 1.29 is 4.74 Å². The van der Waals surface area contributed by atoms with Crippen LogP contribution in [0, 0.1) is 0 Å². The van der Waals surface area contributed by atoms with Crippen LogP contribution in [0.15, 0.2) is 30.3 Å². The molecule has 1 aliphatic rings. The van der Waals surface area contributed by atoms with E-state index in [9.17, 15) is 0 Å². The minimum Gasteiger partial charge on any atom is -0.374 e. The Kier molecular flexibility index (Phi) is 5.61. The van der Waals surface area contributed by atoms with Gasteiger partial charge in [0.2, 0.25) is 0 Å². The number of thiocarbonyl (C=S) groups is 1. The van der Waals surface area contributed by atoms with Gasteiger partial charge in [-0.2, -0.15) is 0 Å². The summed E-state index contributed by atoms with van der Waals surface area (Å²) in [6.07, 6.45) is 3.61. The molecule has 0 saturated heterocycles. The minimum atomic E-state index is 0.151. The van der Waals surface area contributed by atoms with E-state index in [0.717, 1.165) is 24.7 Å². The topological polar surface area (TPSA) is 33.3 Å². The molecule has 0 bridgehead atoms. The fraction of sp³-hybridized carbons (Fsp3) is 0.533. The largest absolute Gasteiger partial charge is 0.374 e. The maximum Gasteiger partial charge on any atom is 0.166 e. The van der Waals surface area contributed by atoms with Gasteiger partial charge in [0.1, 0.15) is 0 Å². The van der Waals surface area contributed by atoms with Crippen LogP contribution in [0.4, 0.5) is 0 Å². The lowest BCUT2D eigenvalue weighted by Crippen LogP contribution is -2.37.